The monoisotopic (exact) mass is 307 g/mol. The maximum Gasteiger partial charge on any atom is 0.172 e. The average molecular weight is 307 g/mol. The minimum Gasteiger partial charge on any atom is -0.487 e. The number of aromatic nitrogens is 3. The summed E-state index contributed by atoms with van der Waals surface area (Å²) in [6, 6.07) is 17.5. The molecule has 0 fully saturated rings. The molecule has 1 heterocycles. The van der Waals surface area contributed by atoms with Gasteiger partial charge in [-0.3, -0.25) is 4.79 Å². The lowest BCUT2D eigenvalue weighted by atomic mass is 10.1. The lowest BCUT2D eigenvalue weighted by molar-refractivity contribution is 0.111. The van der Waals surface area contributed by atoms with Crippen molar-refractivity contribution in [1.82, 2.24) is 15.0 Å². The van der Waals surface area contributed by atoms with Crippen LogP contribution in [0.3, 0.4) is 0 Å². The van der Waals surface area contributed by atoms with E-state index in [4.69, 9.17) is 4.74 Å². The number of benzene rings is 2. The van der Waals surface area contributed by atoms with Crippen LogP contribution in [-0.2, 0) is 13.2 Å². The fourth-order valence-corrected chi connectivity index (χ4v) is 2.33. The molecule has 0 amide bonds. The number of nitrogens with zero attached hydrogens (tertiary/aromatic N) is 3. The highest BCUT2D eigenvalue weighted by Gasteiger charge is 2.14. The molecule has 0 radical (unpaired) electrons. The molecule has 1 aromatic heterocycles. The molecular weight excluding hydrogens is 290 g/mol. The fourth-order valence-electron chi connectivity index (χ4n) is 2.33. The van der Waals surface area contributed by atoms with Crippen molar-refractivity contribution in [2.45, 2.75) is 20.1 Å². The topological polar surface area (TPSA) is 57.0 Å². The number of hydrogen-bond acceptors (Lipinski definition) is 4. The highest BCUT2D eigenvalue weighted by molar-refractivity contribution is 5.73. The van der Waals surface area contributed by atoms with E-state index in [1.165, 1.54) is 5.56 Å². The van der Waals surface area contributed by atoms with E-state index in [2.05, 4.69) is 10.3 Å². The zero-order chi connectivity index (χ0) is 16.1. The summed E-state index contributed by atoms with van der Waals surface area (Å²) in [7, 11) is 0. The second kappa shape index (κ2) is 6.87. The molecule has 5 nitrogen and oxygen atoms in total. The second-order valence-corrected chi connectivity index (χ2v) is 5.23. The van der Waals surface area contributed by atoms with Gasteiger partial charge in [0.1, 0.15) is 18.1 Å². The van der Waals surface area contributed by atoms with Crippen LogP contribution in [0.5, 0.6) is 5.75 Å². The molecule has 0 aliphatic heterocycles. The molecule has 5 heteroatoms. The molecule has 0 saturated carbocycles. The Morgan fingerprint density at radius 2 is 1.83 bits per heavy atom. The van der Waals surface area contributed by atoms with Crippen molar-refractivity contribution in [2.75, 3.05) is 0 Å². The van der Waals surface area contributed by atoms with Crippen LogP contribution in [0.4, 0.5) is 0 Å². The molecule has 23 heavy (non-hydrogen) atoms. The molecule has 0 spiro atoms. The van der Waals surface area contributed by atoms with Crippen LogP contribution in [0.2, 0.25) is 0 Å². The van der Waals surface area contributed by atoms with Crippen molar-refractivity contribution in [3.05, 3.63) is 77.1 Å². The normalized spacial score (nSPS) is 10.5. The first-order valence-electron chi connectivity index (χ1n) is 7.38. The molecule has 0 bridgehead atoms. The van der Waals surface area contributed by atoms with E-state index in [-0.39, 0.29) is 6.61 Å². The van der Waals surface area contributed by atoms with Crippen molar-refractivity contribution >= 4 is 6.29 Å². The standard InChI is InChI=1S/C18H17N3O2/c1-14-7-5-6-8-15(14)11-21-18(17(12-22)19-20-21)13-23-16-9-3-2-4-10-16/h2-10,12H,11,13H2,1H3. The predicted octanol–water partition coefficient (Wildman–Crippen LogP) is 3.03. The van der Waals surface area contributed by atoms with Gasteiger partial charge < -0.3 is 4.74 Å². The number of para-hydroxylation sites is 1. The molecule has 2 aromatic carbocycles. The van der Waals surface area contributed by atoms with Gasteiger partial charge in [0, 0.05) is 0 Å². The fraction of sp³-hybridized carbons (Fsp3) is 0.167. The third kappa shape index (κ3) is 3.45. The maximum absolute atomic E-state index is 11.2. The molecule has 0 aliphatic carbocycles. The van der Waals surface area contributed by atoms with E-state index in [1.54, 1.807) is 4.68 Å². The van der Waals surface area contributed by atoms with Gasteiger partial charge in [-0.05, 0) is 30.2 Å². The molecule has 0 atom stereocenters. The van der Waals surface area contributed by atoms with E-state index in [0.29, 0.717) is 24.2 Å². The van der Waals surface area contributed by atoms with Crippen molar-refractivity contribution in [3.63, 3.8) is 0 Å². The van der Waals surface area contributed by atoms with E-state index in [9.17, 15) is 4.79 Å². The van der Waals surface area contributed by atoms with Gasteiger partial charge in [-0.15, -0.1) is 5.10 Å². The number of carbonyl (C=O) groups excluding carboxylic acids is 1. The van der Waals surface area contributed by atoms with Crippen molar-refractivity contribution in [2.24, 2.45) is 0 Å². The van der Waals surface area contributed by atoms with Crippen LogP contribution in [0, 0.1) is 6.92 Å². The number of hydrogen-bond donors (Lipinski definition) is 0. The van der Waals surface area contributed by atoms with E-state index in [1.807, 2.05) is 61.5 Å². The van der Waals surface area contributed by atoms with Gasteiger partial charge in [-0.2, -0.15) is 0 Å². The van der Waals surface area contributed by atoms with Gasteiger partial charge in [0.25, 0.3) is 0 Å². The summed E-state index contributed by atoms with van der Waals surface area (Å²) in [6.45, 7) is 2.85. The zero-order valence-corrected chi connectivity index (χ0v) is 12.8. The van der Waals surface area contributed by atoms with Crippen LogP contribution in [0.15, 0.2) is 54.6 Å². The van der Waals surface area contributed by atoms with Crippen molar-refractivity contribution in [3.8, 4) is 5.75 Å². The molecular formula is C18H17N3O2. The molecule has 0 unspecified atom stereocenters. The van der Waals surface area contributed by atoms with Crippen LogP contribution >= 0.6 is 0 Å². The van der Waals surface area contributed by atoms with Crippen molar-refractivity contribution in [1.29, 1.82) is 0 Å². The number of aryl methyl sites for hydroxylation is 1. The third-order valence-electron chi connectivity index (χ3n) is 3.68. The first kappa shape index (κ1) is 15.0. The number of carbonyl (C=O) groups is 1. The summed E-state index contributed by atoms with van der Waals surface area (Å²) >= 11 is 0. The van der Waals surface area contributed by atoms with Crippen LogP contribution in [-0.4, -0.2) is 21.3 Å². The zero-order valence-electron chi connectivity index (χ0n) is 12.8. The molecule has 3 rings (SSSR count). The molecule has 3 aromatic rings. The second-order valence-electron chi connectivity index (χ2n) is 5.23. The van der Waals surface area contributed by atoms with Gasteiger partial charge in [0.2, 0.25) is 0 Å². The summed E-state index contributed by atoms with van der Waals surface area (Å²) in [5.74, 6) is 0.744. The van der Waals surface area contributed by atoms with E-state index < -0.39 is 0 Å². The quantitative estimate of drug-likeness (QED) is 0.657. The largest absolute Gasteiger partial charge is 0.487 e. The first-order valence-corrected chi connectivity index (χ1v) is 7.38. The van der Waals surface area contributed by atoms with Gasteiger partial charge >= 0.3 is 0 Å². The van der Waals surface area contributed by atoms with Gasteiger partial charge in [0.15, 0.2) is 12.0 Å². The molecule has 0 aliphatic rings. The first-order chi connectivity index (χ1) is 11.3. The SMILES string of the molecule is Cc1ccccc1Cn1nnc(C=O)c1COc1ccccc1. The molecule has 0 N–H and O–H groups in total. The van der Waals surface area contributed by atoms with Crippen LogP contribution in [0.1, 0.15) is 27.3 Å². The summed E-state index contributed by atoms with van der Waals surface area (Å²) in [4.78, 5) is 11.2. The molecule has 116 valence electrons. The number of rotatable bonds is 6. The Kier molecular flexibility index (Phi) is 4.47. The Labute approximate surface area is 134 Å². The highest BCUT2D eigenvalue weighted by atomic mass is 16.5. The minimum atomic E-state index is 0.247. The lowest BCUT2D eigenvalue weighted by Crippen LogP contribution is -2.11. The number of aldehydes is 1. The Hall–Kier alpha value is -2.95. The Balaban J connectivity index is 1.83. The summed E-state index contributed by atoms with van der Waals surface area (Å²) in [5, 5.41) is 8.03. The average Bonchev–Trinajstić information content (AvgIpc) is 2.98. The molecule has 0 saturated heterocycles. The predicted molar refractivity (Wildman–Crippen MR) is 86.5 cm³/mol. The summed E-state index contributed by atoms with van der Waals surface area (Å²) < 4.78 is 7.46. The van der Waals surface area contributed by atoms with Gasteiger partial charge in [-0.25, -0.2) is 4.68 Å². The van der Waals surface area contributed by atoms with Gasteiger partial charge in [0.05, 0.1) is 6.54 Å². The third-order valence-corrected chi connectivity index (χ3v) is 3.68. The van der Waals surface area contributed by atoms with Crippen LogP contribution in [0.25, 0.3) is 0 Å². The minimum absolute atomic E-state index is 0.247. The van der Waals surface area contributed by atoms with Gasteiger partial charge in [-0.1, -0.05) is 47.7 Å². The highest BCUT2D eigenvalue weighted by Crippen LogP contribution is 2.15. The number of ether oxygens (including phenoxy) is 1. The van der Waals surface area contributed by atoms with E-state index in [0.717, 1.165) is 11.3 Å². The summed E-state index contributed by atoms with van der Waals surface area (Å²) in [5.41, 5.74) is 3.29. The summed E-state index contributed by atoms with van der Waals surface area (Å²) in [6.07, 6.45) is 0.713. The van der Waals surface area contributed by atoms with E-state index >= 15 is 0 Å². The smallest absolute Gasteiger partial charge is 0.172 e. The Morgan fingerprint density at radius 1 is 1.09 bits per heavy atom. The van der Waals surface area contributed by atoms with Crippen molar-refractivity contribution < 1.29 is 9.53 Å². The Morgan fingerprint density at radius 3 is 2.57 bits per heavy atom. The van der Waals surface area contributed by atoms with Crippen LogP contribution < -0.4 is 4.74 Å². The Bertz CT molecular complexity index is 797. The maximum atomic E-state index is 11.2. The lowest BCUT2D eigenvalue weighted by Gasteiger charge is -2.10.